The van der Waals surface area contributed by atoms with Gasteiger partial charge < -0.3 is 5.32 Å². The SMILES string of the molecule is CCCCCNC(=O)CN(c1c(C)cc(C)cc1Cl)S(C)(=O)=O. The maximum Gasteiger partial charge on any atom is 0.240 e. The molecule has 0 atom stereocenters. The highest BCUT2D eigenvalue weighted by Gasteiger charge is 2.24. The Balaban J connectivity index is 2.98. The molecule has 0 aliphatic heterocycles. The number of hydrogen-bond acceptors (Lipinski definition) is 3. The largest absolute Gasteiger partial charge is 0.355 e. The summed E-state index contributed by atoms with van der Waals surface area (Å²) in [7, 11) is -3.62. The third-order valence-electron chi connectivity index (χ3n) is 3.44. The molecule has 0 saturated carbocycles. The molecule has 1 rings (SSSR count). The summed E-state index contributed by atoms with van der Waals surface area (Å²) >= 11 is 6.23. The number of carbonyl (C=O) groups excluding carboxylic acids is 1. The van der Waals surface area contributed by atoms with Crippen LogP contribution in [0.25, 0.3) is 0 Å². The molecule has 0 fully saturated rings. The molecule has 0 aromatic heterocycles. The van der Waals surface area contributed by atoms with Crippen molar-refractivity contribution < 1.29 is 13.2 Å². The summed E-state index contributed by atoms with van der Waals surface area (Å²) in [6, 6.07) is 3.54. The predicted molar refractivity (Wildman–Crippen MR) is 95.7 cm³/mol. The molecular weight excluding hydrogens is 336 g/mol. The van der Waals surface area contributed by atoms with Crippen molar-refractivity contribution >= 4 is 33.2 Å². The van der Waals surface area contributed by atoms with Gasteiger partial charge in [-0.15, -0.1) is 0 Å². The maximum absolute atomic E-state index is 12.1. The molecule has 23 heavy (non-hydrogen) atoms. The number of halogens is 1. The van der Waals surface area contributed by atoms with E-state index in [9.17, 15) is 13.2 Å². The van der Waals surface area contributed by atoms with Gasteiger partial charge in [0.15, 0.2) is 0 Å². The molecule has 1 aromatic carbocycles. The molecule has 7 heteroatoms. The van der Waals surface area contributed by atoms with Crippen molar-refractivity contribution in [2.75, 3.05) is 23.7 Å². The van der Waals surface area contributed by atoms with Crippen LogP contribution in [0.4, 0.5) is 5.69 Å². The van der Waals surface area contributed by atoms with Crippen LogP contribution in [0.2, 0.25) is 5.02 Å². The fourth-order valence-corrected chi connectivity index (χ4v) is 3.77. The summed E-state index contributed by atoms with van der Waals surface area (Å²) in [5.74, 6) is -0.331. The van der Waals surface area contributed by atoms with Crippen LogP contribution in [-0.2, 0) is 14.8 Å². The number of benzene rings is 1. The summed E-state index contributed by atoms with van der Waals surface area (Å²) in [6.07, 6.45) is 4.04. The highest BCUT2D eigenvalue weighted by Crippen LogP contribution is 2.32. The van der Waals surface area contributed by atoms with Gasteiger partial charge in [-0.2, -0.15) is 0 Å². The van der Waals surface area contributed by atoms with Crippen LogP contribution in [0.5, 0.6) is 0 Å². The van der Waals surface area contributed by atoms with Crippen molar-refractivity contribution in [3.05, 3.63) is 28.3 Å². The minimum Gasteiger partial charge on any atom is -0.355 e. The van der Waals surface area contributed by atoms with Crippen molar-refractivity contribution in [1.29, 1.82) is 0 Å². The molecule has 1 aromatic rings. The highest BCUT2D eigenvalue weighted by molar-refractivity contribution is 7.92. The topological polar surface area (TPSA) is 66.5 Å². The van der Waals surface area contributed by atoms with Gasteiger partial charge in [-0.3, -0.25) is 9.10 Å². The molecule has 1 amide bonds. The molecule has 0 aliphatic carbocycles. The Morgan fingerprint density at radius 3 is 2.43 bits per heavy atom. The predicted octanol–water partition coefficient (Wildman–Crippen LogP) is 3.03. The lowest BCUT2D eigenvalue weighted by atomic mass is 10.1. The van der Waals surface area contributed by atoms with Gasteiger partial charge in [0.1, 0.15) is 6.54 Å². The van der Waals surface area contributed by atoms with Crippen molar-refractivity contribution in [2.24, 2.45) is 0 Å². The molecule has 0 aliphatic rings. The third kappa shape index (κ3) is 6.03. The van der Waals surface area contributed by atoms with Gasteiger partial charge in [-0.25, -0.2) is 8.42 Å². The van der Waals surface area contributed by atoms with Crippen LogP contribution >= 0.6 is 11.6 Å². The first kappa shape index (κ1) is 19.8. The first-order valence-electron chi connectivity index (χ1n) is 7.68. The lowest BCUT2D eigenvalue weighted by molar-refractivity contribution is -0.119. The summed E-state index contributed by atoms with van der Waals surface area (Å²) in [4.78, 5) is 12.1. The van der Waals surface area contributed by atoms with E-state index in [2.05, 4.69) is 12.2 Å². The average molecular weight is 361 g/mol. The summed E-state index contributed by atoms with van der Waals surface area (Å²) in [5.41, 5.74) is 2.02. The van der Waals surface area contributed by atoms with Crippen LogP contribution in [0.1, 0.15) is 37.3 Å². The van der Waals surface area contributed by atoms with Gasteiger partial charge in [0.2, 0.25) is 15.9 Å². The Bertz CT molecular complexity index is 636. The number of rotatable bonds is 8. The molecule has 0 unspecified atom stereocenters. The molecule has 0 bridgehead atoms. The normalized spacial score (nSPS) is 11.3. The van der Waals surface area contributed by atoms with Gasteiger partial charge in [-0.05, 0) is 37.5 Å². The number of hydrogen-bond donors (Lipinski definition) is 1. The van der Waals surface area contributed by atoms with Crippen molar-refractivity contribution in [1.82, 2.24) is 5.32 Å². The zero-order valence-electron chi connectivity index (χ0n) is 14.1. The van der Waals surface area contributed by atoms with E-state index in [1.54, 1.807) is 13.0 Å². The Kier molecular flexibility index (Phi) is 7.35. The smallest absolute Gasteiger partial charge is 0.240 e. The molecule has 130 valence electrons. The molecule has 5 nitrogen and oxygen atoms in total. The van der Waals surface area contributed by atoms with E-state index in [1.165, 1.54) is 0 Å². The van der Waals surface area contributed by atoms with Crippen LogP contribution in [-0.4, -0.2) is 33.7 Å². The van der Waals surface area contributed by atoms with Gasteiger partial charge in [0.05, 0.1) is 17.0 Å². The van der Waals surface area contributed by atoms with Crippen LogP contribution in [0.3, 0.4) is 0 Å². The van der Waals surface area contributed by atoms with E-state index >= 15 is 0 Å². The molecule has 0 spiro atoms. The van der Waals surface area contributed by atoms with E-state index in [4.69, 9.17) is 11.6 Å². The van der Waals surface area contributed by atoms with E-state index in [0.717, 1.165) is 41.0 Å². The van der Waals surface area contributed by atoms with E-state index in [1.807, 2.05) is 13.0 Å². The average Bonchev–Trinajstić information content (AvgIpc) is 2.40. The zero-order valence-corrected chi connectivity index (χ0v) is 15.7. The number of anilines is 1. The number of unbranched alkanes of at least 4 members (excludes halogenated alkanes) is 2. The molecule has 0 radical (unpaired) electrons. The Morgan fingerprint density at radius 2 is 1.91 bits per heavy atom. The Labute approximate surface area is 144 Å². The summed E-state index contributed by atoms with van der Waals surface area (Å²) in [5, 5.41) is 3.08. The number of aryl methyl sites for hydroxylation is 2. The quantitative estimate of drug-likeness (QED) is 0.724. The number of nitrogens with one attached hydrogen (secondary N) is 1. The summed E-state index contributed by atoms with van der Waals surface area (Å²) < 4.78 is 25.3. The zero-order chi connectivity index (χ0) is 17.6. The van der Waals surface area contributed by atoms with Gasteiger partial charge in [0, 0.05) is 6.54 Å². The van der Waals surface area contributed by atoms with Crippen molar-refractivity contribution in [3.8, 4) is 0 Å². The lowest BCUT2D eigenvalue weighted by Crippen LogP contribution is -2.41. The number of carbonyl (C=O) groups is 1. The van der Waals surface area contributed by atoms with Gasteiger partial charge in [-0.1, -0.05) is 37.4 Å². The van der Waals surface area contributed by atoms with Gasteiger partial charge >= 0.3 is 0 Å². The number of sulfonamides is 1. The second-order valence-electron chi connectivity index (χ2n) is 5.74. The van der Waals surface area contributed by atoms with E-state index in [-0.39, 0.29) is 12.5 Å². The molecular formula is C16H25ClN2O3S. The van der Waals surface area contributed by atoms with E-state index in [0.29, 0.717) is 17.3 Å². The third-order valence-corrected chi connectivity index (χ3v) is 4.84. The molecule has 0 saturated heterocycles. The molecule has 0 heterocycles. The van der Waals surface area contributed by atoms with Gasteiger partial charge in [0.25, 0.3) is 0 Å². The fraction of sp³-hybridized carbons (Fsp3) is 0.562. The van der Waals surface area contributed by atoms with Crippen LogP contribution < -0.4 is 9.62 Å². The van der Waals surface area contributed by atoms with Crippen molar-refractivity contribution in [3.63, 3.8) is 0 Å². The second-order valence-corrected chi connectivity index (χ2v) is 8.05. The lowest BCUT2D eigenvalue weighted by Gasteiger charge is -2.25. The molecule has 1 N–H and O–H groups in total. The highest BCUT2D eigenvalue weighted by atomic mass is 35.5. The summed E-state index contributed by atoms with van der Waals surface area (Å²) in [6.45, 7) is 6.02. The first-order valence-corrected chi connectivity index (χ1v) is 9.90. The minimum absolute atomic E-state index is 0.269. The minimum atomic E-state index is -3.62. The van der Waals surface area contributed by atoms with Crippen molar-refractivity contribution in [2.45, 2.75) is 40.0 Å². The monoisotopic (exact) mass is 360 g/mol. The maximum atomic E-state index is 12.1. The van der Waals surface area contributed by atoms with Crippen LogP contribution in [0, 0.1) is 13.8 Å². The number of amides is 1. The second kappa shape index (κ2) is 8.55. The fourth-order valence-electron chi connectivity index (χ4n) is 2.38. The van der Waals surface area contributed by atoms with Crippen LogP contribution in [0.15, 0.2) is 12.1 Å². The Morgan fingerprint density at radius 1 is 1.26 bits per heavy atom. The first-order chi connectivity index (χ1) is 10.7. The Hall–Kier alpha value is -1.27. The number of nitrogens with zero attached hydrogens (tertiary/aromatic N) is 1. The standard InChI is InChI=1S/C16H25ClN2O3S/c1-5-6-7-8-18-15(20)11-19(23(4,21)22)16-13(3)9-12(2)10-14(16)17/h9-10H,5-8,11H2,1-4H3,(H,18,20). The van der Waals surface area contributed by atoms with E-state index < -0.39 is 10.0 Å².